The SMILES string of the molecule is COc1ccc(Cl)cc1NC(=O)CN1C(c2ccccc2)=C[C@@H](c2ccc(C)cc2)n2nnnc21. The maximum atomic E-state index is 13.2. The molecule has 4 aromatic rings. The minimum Gasteiger partial charge on any atom is -0.495 e. The van der Waals surface area contributed by atoms with E-state index in [1.807, 2.05) is 42.2 Å². The molecule has 1 amide bonds. The number of carbonyl (C=O) groups excluding carboxylic acids is 1. The number of hydrogen-bond acceptors (Lipinski definition) is 6. The molecule has 1 aliphatic rings. The number of aromatic nitrogens is 4. The van der Waals surface area contributed by atoms with Crippen LogP contribution in [0.25, 0.3) is 5.70 Å². The molecule has 0 unspecified atom stereocenters. The van der Waals surface area contributed by atoms with Gasteiger partial charge in [0.25, 0.3) is 5.95 Å². The van der Waals surface area contributed by atoms with Gasteiger partial charge in [0, 0.05) is 5.02 Å². The minimum absolute atomic E-state index is 0.0165. The summed E-state index contributed by atoms with van der Waals surface area (Å²) in [5.41, 5.74) is 4.50. The number of ether oxygens (including phenoxy) is 1. The quantitative estimate of drug-likeness (QED) is 0.424. The number of benzene rings is 3. The van der Waals surface area contributed by atoms with E-state index < -0.39 is 0 Å². The molecule has 0 aliphatic carbocycles. The largest absolute Gasteiger partial charge is 0.495 e. The lowest BCUT2D eigenvalue weighted by Gasteiger charge is -2.32. The maximum Gasteiger partial charge on any atom is 0.251 e. The average molecular weight is 487 g/mol. The zero-order valence-electron chi connectivity index (χ0n) is 19.2. The molecule has 1 aromatic heterocycles. The summed E-state index contributed by atoms with van der Waals surface area (Å²) in [7, 11) is 1.54. The van der Waals surface area contributed by atoms with Gasteiger partial charge in [0.05, 0.1) is 18.5 Å². The first-order valence-electron chi connectivity index (χ1n) is 11.1. The first kappa shape index (κ1) is 22.6. The Morgan fingerprint density at radius 1 is 1.09 bits per heavy atom. The van der Waals surface area contributed by atoms with Crippen molar-refractivity contribution in [3.05, 3.63) is 101 Å². The number of tetrazole rings is 1. The summed E-state index contributed by atoms with van der Waals surface area (Å²) in [6, 6.07) is 23.0. The number of hydrogen-bond donors (Lipinski definition) is 1. The van der Waals surface area contributed by atoms with E-state index in [1.54, 1.807) is 30.0 Å². The van der Waals surface area contributed by atoms with Crippen molar-refractivity contribution in [3.63, 3.8) is 0 Å². The molecular weight excluding hydrogens is 464 g/mol. The van der Waals surface area contributed by atoms with E-state index in [1.165, 1.54) is 5.56 Å². The topological polar surface area (TPSA) is 85.2 Å². The third kappa shape index (κ3) is 4.61. The number of fused-ring (bicyclic) bond motifs is 1. The van der Waals surface area contributed by atoms with Crippen molar-refractivity contribution in [2.24, 2.45) is 0 Å². The van der Waals surface area contributed by atoms with Gasteiger partial charge in [-0.1, -0.05) is 76.9 Å². The Labute approximate surface area is 207 Å². The Bertz CT molecular complexity index is 1380. The van der Waals surface area contributed by atoms with Crippen LogP contribution in [0.1, 0.15) is 22.7 Å². The number of amides is 1. The lowest BCUT2D eigenvalue weighted by Crippen LogP contribution is -2.37. The maximum absolute atomic E-state index is 13.2. The smallest absolute Gasteiger partial charge is 0.251 e. The predicted molar refractivity (Wildman–Crippen MR) is 136 cm³/mol. The van der Waals surface area contributed by atoms with E-state index in [0.29, 0.717) is 22.4 Å². The van der Waals surface area contributed by atoms with Crippen molar-refractivity contribution in [2.75, 3.05) is 23.9 Å². The van der Waals surface area contributed by atoms with Crippen molar-refractivity contribution in [1.29, 1.82) is 0 Å². The van der Waals surface area contributed by atoms with Crippen LogP contribution in [0.4, 0.5) is 11.6 Å². The van der Waals surface area contributed by atoms with Crippen LogP contribution in [-0.2, 0) is 4.79 Å². The van der Waals surface area contributed by atoms with Gasteiger partial charge in [-0.15, -0.1) is 0 Å². The van der Waals surface area contributed by atoms with Gasteiger partial charge in [0.2, 0.25) is 5.91 Å². The number of allylic oxidation sites excluding steroid dienone is 1. The molecule has 176 valence electrons. The fraction of sp³-hybridized carbons (Fsp3) is 0.154. The second-order valence-corrected chi connectivity index (χ2v) is 8.61. The summed E-state index contributed by atoms with van der Waals surface area (Å²) < 4.78 is 7.09. The first-order valence-corrected chi connectivity index (χ1v) is 11.4. The van der Waals surface area contributed by atoms with Crippen LogP contribution in [0, 0.1) is 6.92 Å². The van der Waals surface area contributed by atoms with Crippen molar-refractivity contribution >= 4 is 34.8 Å². The molecule has 3 aromatic carbocycles. The number of rotatable bonds is 6. The molecule has 2 heterocycles. The van der Waals surface area contributed by atoms with Crippen LogP contribution in [0.5, 0.6) is 5.75 Å². The second-order valence-electron chi connectivity index (χ2n) is 8.18. The number of nitrogens with zero attached hydrogens (tertiary/aromatic N) is 5. The Hall–Kier alpha value is -4.17. The number of aryl methyl sites for hydroxylation is 1. The first-order chi connectivity index (χ1) is 17.0. The van der Waals surface area contributed by atoms with E-state index in [0.717, 1.165) is 16.8 Å². The zero-order valence-corrected chi connectivity index (χ0v) is 20.0. The van der Waals surface area contributed by atoms with Gasteiger partial charge >= 0.3 is 0 Å². The van der Waals surface area contributed by atoms with Gasteiger partial charge in [-0.25, -0.2) is 0 Å². The van der Waals surface area contributed by atoms with Crippen molar-refractivity contribution in [3.8, 4) is 5.75 Å². The predicted octanol–water partition coefficient (Wildman–Crippen LogP) is 4.73. The van der Waals surface area contributed by atoms with Gasteiger partial charge in [-0.2, -0.15) is 4.68 Å². The summed E-state index contributed by atoms with van der Waals surface area (Å²) in [5.74, 6) is 0.727. The molecule has 5 rings (SSSR count). The van der Waals surface area contributed by atoms with Crippen LogP contribution in [0.15, 0.2) is 78.9 Å². The molecular formula is C26H23ClN6O2. The van der Waals surface area contributed by atoms with Crippen LogP contribution < -0.4 is 15.0 Å². The molecule has 0 saturated heterocycles. The van der Waals surface area contributed by atoms with Gasteiger partial charge in [0.1, 0.15) is 18.3 Å². The Morgan fingerprint density at radius 3 is 2.60 bits per heavy atom. The highest BCUT2D eigenvalue weighted by Gasteiger charge is 2.32. The van der Waals surface area contributed by atoms with Gasteiger partial charge < -0.3 is 10.1 Å². The Kier molecular flexibility index (Phi) is 6.20. The number of nitrogens with one attached hydrogen (secondary N) is 1. The highest BCUT2D eigenvalue weighted by atomic mass is 35.5. The van der Waals surface area contributed by atoms with E-state index >= 15 is 0 Å². The summed E-state index contributed by atoms with van der Waals surface area (Å²) in [6.45, 7) is 2.03. The van der Waals surface area contributed by atoms with E-state index in [9.17, 15) is 4.79 Å². The molecule has 35 heavy (non-hydrogen) atoms. The van der Waals surface area contributed by atoms with Gasteiger partial charge in [-0.3, -0.25) is 9.69 Å². The highest BCUT2D eigenvalue weighted by Crippen LogP contribution is 2.36. The summed E-state index contributed by atoms with van der Waals surface area (Å²) in [4.78, 5) is 15.0. The minimum atomic E-state index is -0.268. The van der Waals surface area contributed by atoms with Crippen LogP contribution in [0.2, 0.25) is 5.02 Å². The standard InChI is InChI=1S/C26H23ClN6O2/c1-17-8-10-19(11-9-17)23-15-22(18-6-4-3-5-7-18)32(26-29-30-31-33(23)26)16-25(34)28-21-14-20(27)12-13-24(21)35-2/h3-15,23H,16H2,1-2H3,(H,28,34)/t23-/m0/s1. The monoisotopic (exact) mass is 486 g/mol. The molecule has 1 atom stereocenters. The van der Waals surface area contributed by atoms with Crippen molar-refractivity contribution < 1.29 is 9.53 Å². The number of halogens is 1. The molecule has 0 bridgehead atoms. The second kappa shape index (κ2) is 9.60. The summed E-state index contributed by atoms with van der Waals surface area (Å²) in [6.07, 6.45) is 2.08. The fourth-order valence-electron chi connectivity index (χ4n) is 4.09. The van der Waals surface area contributed by atoms with Crippen LogP contribution >= 0.6 is 11.6 Å². The lowest BCUT2D eigenvalue weighted by atomic mass is 10.00. The van der Waals surface area contributed by atoms with E-state index in [-0.39, 0.29) is 18.5 Å². The van der Waals surface area contributed by atoms with E-state index in [4.69, 9.17) is 16.3 Å². The normalized spacial score (nSPS) is 14.8. The molecule has 0 saturated carbocycles. The fourth-order valence-corrected chi connectivity index (χ4v) is 4.27. The molecule has 1 aliphatic heterocycles. The van der Waals surface area contributed by atoms with Crippen LogP contribution in [0.3, 0.4) is 0 Å². The molecule has 1 N–H and O–H groups in total. The molecule has 9 heteroatoms. The third-order valence-corrected chi connectivity index (χ3v) is 6.05. The lowest BCUT2D eigenvalue weighted by molar-refractivity contribution is -0.114. The molecule has 0 radical (unpaired) electrons. The van der Waals surface area contributed by atoms with Crippen molar-refractivity contribution in [1.82, 2.24) is 20.2 Å². The summed E-state index contributed by atoms with van der Waals surface area (Å²) >= 11 is 6.13. The van der Waals surface area contributed by atoms with E-state index in [2.05, 4.69) is 51.2 Å². The average Bonchev–Trinajstić information content (AvgIpc) is 3.36. The Balaban J connectivity index is 1.52. The molecule has 0 fully saturated rings. The van der Waals surface area contributed by atoms with Gasteiger partial charge in [0.15, 0.2) is 0 Å². The molecule has 8 nitrogen and oxygen atoms in total. The number of anilines is 2. The summed E-state index contributed by atoms with van der Waals surface area (Å²) in [5, 5.41) is 15.8. The number of carbonyl (C=O) groups is 1. The zero-order chi connectivity index (χ0) is 24.4. The van der Waals surface area contributed by atoms with Crippen molar-refractivity contribution in [2.45, 2.75) is 13.0 Å². The number of methoxy groups -OCH3 is 1. The highest BCUT2D eigenvalue weighted by molar-refractivity contribution is 6.31. The molecule has 0 spiro atoms. The Morgan fingerprint density at radius 2 is 1.86 bits per heavy atom. The van der Waals surface area contributed by atoms with Crippen LogP contribution in [-0.4, -0.2) is 39.8 Å². The third-order valence-electron chi connectivity index (χ3n) is 5.81. The van der Waals surface area contributed by atoms with Gasteiger partial charge in [-0.05, 0) is 52.8 Å².